The highest BCUT2D eigenvalue weighted by Gasteiger charge is 2.31. The van der Waals surface area contributed by atoms with Crippen molar-refractivity contribution in [3.05, 3.63) is 35.4 Å². The van der Waals surface area contributed by atoms with E-state index in [1.807, 2.05) is 4.72 Å². The molecule has 9 heteroatoms. The molecule has 0 spiro atoms. The second kappa shape index (κ2) is 5.80. The summed E-state index contributed by atoms with van der Waals surface area (Å²) in [6.45, 7) is 0.556. The molecular weight excluding hydrogens is 299 g/mol. The Bertz CT molecular complexity index is 598. The van der Waals surface area contributed by atoms with Crippen LogP contribution in [0.15, 0.2) is 24.3 Å². The summed E-state index contributed by atoms with van der Waals surface area (Å²) in [4.78, 5) is 10.6. The Hall–Kier alpha value is -1.61. The first-order chi connectivity index (χ1) is 9.04. The van der Waals surface area contributed by atoms with Crippen LogP contribution in [-0.4, -0.2) is 24.7 Å². The second-order valence-electron chi connectivity index (χ2n) is 4.04. The summed E-state index contributed by atoms with van der Waals surface area (Å²) in [5.74, 6) is -1.54. The van der Waals surface area contributed by atoms with Crippen LogP contribution in [0, 0.1) is 0 Å². The number of alkyl halides is 3. The number of carboxylic acids is 1. The monoisotopic (exact) mass is 311 g/mol. The molecule has 0 heterocycles. The third kappa shape index (κ3) is 4.20. The van der Waals surface area contributed by atoms with Gasteiger partial charge in [0.05, 0.1) is 5.56 Å². The van der Waals surface area contributed by atoms with Gasteiger partial charge in [-0.2, -0.15) is 13.2 Å². The molecule has 1 aromatic rings. The quantitative estimate of drug-likeness (QED) is 0.865. The zero-order chi connectivity index (χ0) is 15.6. The van der Waals surface area contributed by atoms with Gasteiger partial charge in [-0.1, -0.05) is 18.2 Å². The van der Waals surface area contributed by atoms with Gasteiger partial charge in [-0.3, -0.25) is 4.79 Å². The van der Waals surface area contributed by atoms with E-state index in [-0.39, 0.29) is 5.56 Å². The predicted octanol–water partition coefficient (Wildman–Crippen LogP) is 1.60. The summed E-state index contributed by atoms with van der Waals surface area (Å²) >= 11 is 0. The fourth-order valence-electron chi connectivity index (χ4n) is 1.30. The van der Waals surface area contributed by atoms with Crippen molar-refractivity contribution in [3.63, 3.8) is 0 Å². The summed E-state index contributed by atoms with van der Waals surface area (Å²) in [7, 11) is -4.14. The number of nitrogens with one attached hydrogen (secondary N) is 1. The Morgan fingerprint density at radius 3 is 2.50 bits per heavy atom. The minimum absolute atomic E-state index is 0.0842. The van der Waals surface area contributed by atoms with Crippen LogP contribution >= 0.6 is 0 Å². The standard InChI is InChI=1S/C11H12F3NO4S/c1-7(10(16)17)20(18,19)15-6-8-3-2-4-9(5-8)11(12,13)14/h2-5,7,15H,6H2,1H3,(H,16,17). The first kappa shape index (κ1) is 16.4. The molecule has 0 bridgehead atoms. The number of halogens is 3. The molecule has 0 saturated carbocycles. The highest BCUT2D eigenvalue weighted by molar-refractivity contribution is 7.90. The molecule has 0 radical (unpaired) electrons. The largest absolute Gasteiger partial charge is 0.480 e. The van der Waals surface area contributed by atoms with Gasteiger partial charge < -0.3 is 5.11 Å². The van der Waals surface area contributed by atoms with Crippen LogP contribution in [0.1, 0.15) is 18.1 Å². The average Bonchev–Trinajstić information content (AvgIpc) is 2.35. The topological polar surface area (TPSA) is 83.5 Å². The van der Waals surface area contributed by atoms with Gasteiger partial charge in [-0.05, 0) is 18.6 Å². The Balaban J connectivity index is 2.84. The highest BCUT2D eigenvalue weighted by atomic mass is 32.2. The number of hydrogen-bond acceptors (Lipinski definition) is 3. The van der Waals surface area contributed by atoms with Crippen molar-refractivity contribution in [1.82, 2.24) is 4.72 Å². The van der Waals surface area contributed by atoms with Crippen LogP contribution in [0.3, 0.4) is 0 Å². The highest BCUT2D eigenvalue weighted by Crippen LogP contribution is 2.29. The van der Waals surface area contributed by atoms with E-state index in [4.69, 9.17) is 5.11 Å². The second-order valence-corrected chi connectivity index (χ2v) is 6.13. The van der Waals surface area contributed by atoms with Crippen molar-refractivity contribution < 1.29 is 31.5 Å². The Morgan fingerprint density at radius 2 is 2.00 bits per heavy atom. The maximum absolute atomic E-state index is 12.5. The molecule has 0 aliphatic heterocycles. The van der Waals surface area contributed by atoms with E-state index >= 15 is 0 Å². The maximum Gasteiger partial charge on any atom is 0.416 e. The van der Waals surface area contributed by atoms with Gasteiger partial charge in [0, 0.05) is 6.54 Å². The number of sulfonamides is 1. The lowest BCUT2D eigenvalue weighted by Crippen LogP contribution is -2.37. The average molecular weight is 311 g/mol. The smallest absolute Gasteiger partial charge is 0.416 e. The Morgan fingerprint density at radius 1 is 1.40 bits per heavy atom. The van der Waals surface area contributed by atoms with E-state index in [2.05, 4.69) is 0 Å². The molecular formula is C11H12F3NO4S. The summed E-state index contributed by atoms with van der Waals surface area (Å²) in [5.41, 5.74) is -0.818. The van der Waals surface area contributed by atoms with Gasteiger partial charge in [0.25, 0.3) is 0 Å². The third-order valence-electron chi connectivity index (χ3n) is 2.55. The number of aliphatic carboxylic acids is 1. The van der Waals surface area contributed by atoms with E-state index < -0.39 is 39.5 Å². The lowest BCUT2D eigenvalue weighted by Gasteiger charge is -2.11. The van der Waals surface area contributed by atoms with Crippen LogP contribution in [0.2, 0.25) is 0 Å². The predicted molar refractivity (Wildman–Crippen MR) is 64.3 cm³/mol. The lowest BCUT2D eigenvalue weighted by atomic mass is 10.1. The molecule has 0 aliphatic carbocycles. The normalized spacial score (nSPS) is 14.0. The molecule has 20 heavy (non-hydrogen) atoms. The fraction of sp³-hybridized carbons (Fsp3) is 0.364. The molecule has 0 saturated heterocycles. The van der Waals surface area contributed by atoms with Gasteiger partial charge in [0.2, 0.25) is 10.0 Å². The molecule has 5 nitrogen and oxygen atoms in total. The summed E-state index contributed by atoms with van der Waals surface area (Å²) in [6.07, 6.45) is -4.52. The molecule has 0 aliphatic rings. The minimum Gasteiger partial charge on any atom is -0.480 e. The molecule has 1 unspecified atom stereocenters. The fourth-order valence-corrected chi connectivity index (χ4v) is 2.18. The molecule has 1 rings (SSSR count). The minimum atomic E-state index is -4.52. The van der Waals surface area contributed by atoms with Crippen molar-refractivity contribution in [1.29, 1.82) is 0 Å². The third-order valence-corrected chi connectivity index (χ3v) is 4.22. The van der Waals surface area contributed by atoms with E-state index in [9.17, 15) is 26.4 Å². The number of carbonyl (C=O) groups is 1. The molecule has 0 fully saturated rings. The van der Waals surface area contributed by atoms with Gasteiger partial charge >= 0.3 is 12.1 Å². The van der Waals surface area contributed by atoms with E-state index in [1.165, 1.54) is 6.07 Å². The van der Waals surface area contributed by atoms with Crippen LogP contribution < -0.4 is 4.72 Å². The number of carboxylic acid groups (broad SMARTS) is 1. The first-order valence-corrected chi connectivity index (χ1v) is 6.96. The van der Waals surface area contributed by atoms with Crippen molar-refractivity contribution in [3.8, 4) is 0 Å². The van der Waals surface area contributed by atoms with Crippen molar-refractivity contribution >= 4 is 16.0 Å². The summed E-state index contributed by atoms with van der Waals surface area (Å²) in [6, 6.07) is 4.11. The van der Waals surface area contributed by atoms with Crippen LogP contribution in [0.25, 0.3) is 0 Å². The van der Waals surface area contributed by atoms with Gasteiger partial charge in [-0.25, -0.2) is 13.1 Å². The zero-order valence-electron chi connectivity index (χ0n) is 10.3. The van der Waals surface area contributed by atoms with Crippen molar-refractivity contribution in [2.24, 2.45) is 0 Å². The van der Waals surface area contributed by atoms with Crippen LogP contribution in [0.4, 0.5) is 13.2 Å². The summed E-state index contributed by atoms with van der Waals surface area (Å²) in [5, 5.41) is 6.91. The lowest BCUT2D eigenvalue weighted by molar-refractivity contribution is -0.138. The van der Waals surface area contributed by atoms with Crippen molar-refractivity contribution in [2.75, 3.05) is 0 Å². The SMILES string of the molecule is CC(C(=O)O)S(=O)(=O)NCc1cccc(C(F)(F)F)c1. The van der Waals surface area contributed by atoms with Crippen LogP contribution in [0.5, 0.6) is 0 Å². The van der Waals surface area contributed by atoms with Gasteiger partial charge in [0.15, 0.2) is 5.25 Å². The molecule has 1 aromatic carbocycles. The molecule has 0 amide bonds. The number of rotatable bonds is 5. The number of hydrogen-bond donors (Lipinski definition) is 2. The molecule has 2 N–H and O–H groups in total. The molecule has 1 atom stereocenters. The van der Waals surface area contributed by atoms with Crippen LogP contribution in [-0.2, 0) is 27.5 Å². The zero-order valence-corrected chi connectivity index (χ0v) is 11.1. The molecule has 0 aromatic heterocycles. The number of benzene rings is 1. The Kier molecular flexibility index (Phi) is 4.77. The van der Waals surface area contributed by atoms with Gasteiger partial charge in [-0.15, -0.1) is 0 Å². The first-order valence-electron chi connectivity index (χ1n) is 5.41. The summed E-state index contributed by atoms with van der Waals surface area (Å²) < 4.78 is 62.4. The molecule has 112 valence electrons. The maximum atomic E-state index is 12.5. The van der Waals surface area contributed by atoms with E-state index in [1.54, 1.807) is 0 Å². The van der Waals surface area contributed by atoms with Crippen molar-refractivity contribution in [2.45, 2.75) is 24.9 Å². The van der Waals surface area contributed by atoms with Gasteiger partial charge in [0.1, 0.15) is 0 Å². The van der Waals surface area contributed by atoms with E-state index in [0.29, 0.717) is 0 Å². The van der Waals surface area contributed by atoms with E-state index in [0.717, 1.165) is 25.1 Å². The Labute approximate surface area is 113 Å².